The van der Waals surface area contributed by atoms with Gasteiger partial charge in [-0.2, -0.15) is 0 Å². The average Bonchev–Trinajstić information content (AvgIpc) is 2.88. The van der Waals surface area contributed by atoms with E-state index in [0.29, 0.717) is 19.6 Å². The van der Waals surface area contributed by atoms with E-state index in [1.165, 1.54) is 33.2 Å². The second-order valence-corrected chi connectivity index (χ2v) is 8.45. The minimum absolute atomic E-state index is 0.0197. The number of carbonyl (C=O) groups excluding carboxylic acids is 3. The Balaban J connectivity index is 2.05. The first-order valence-corrected chi connectivity index (χ1v) is 12.2. The number of carbonyl (C=O) groups is 3. The van der Waals surface area contributed by atoms with Gasteiger partial charge in [0.2, 0.25) is 6.79 Å². The van der Waals surface area contributed by atoms with E-state index in [1.54, 1.807) is 0 Å². The third kappa shape index (κ3) is 9.72. The van der Waals surface area contributed by atoms with Gasteiger partial charge in [0, 0.05) is 31.7 Å². The topological polar surface area (TPSA) is 122 Å². The molecule has 202 valence electrons. The third-order valence-corrected chi connectivity index (χ3v) is 5.46. The molecule has 0 spiro atoms. The van der Waals surface area contributed by atoms with Gasteiger partial charge < -0.3 is 29.0 Å². The number of ether oxygens (including phenoxy) is 5. The molecule has 1 aromatic carbocycles. The maximum Gasteiger partial charge on any atom is 0.328 e. The highest BCUT2D eigenvalue weighted by Crippen LogP contribution is 2.29. The minimum Gasteiger partial charge on any atom is -0.493 e. The molecule has 0 saturated heterocycles. The number of hydrogen-bond acceptors (Lipinski definition) is 9. The van der Waals surface area contributed by atoms with Gasteiger partial charge in [-0.05, 0) is 32.3 Å². The number of nitrogens with one attached hydrogen (secondary N) is 1. The molecule has 2 rings (SSSR count). The first kappa shape index (κ1) is 29.6. The summed E-state index contributed by atoms with van der Waals surface area (Å²) < 4.78 is 26.9. The predicted octanol–water partition coefficient (Wildman–Crippen LogP) is 3.33. The van der Waals surface area contributed by atoms with Crippen molar-refractivity contribution in [1.82, 2.24) is 10.3 Å². The van der Waals surface area contributed by atoms with Crippen LogP contribution < -0.4 is 14.8 Å². The van der Waals surface area contributed by atoms with E-state index >= 15 is 0 Å². The monoisotopic (exact) mass is 516 g/mol. The molecule has 1 N–H and O–H groups in total. The van der Waals surface area contributed by atoms with Crippen LogP contribution in [-0.2, 0) is 30.2 Å². The number of methoxy groups -OCH3 is 1. The van der Waals surface area contributed by atoms with Crippen LogP contribution in [0.3, 0.4) is 0 Å². The molecule has 1 amide bonds. The molecule has 0 aliphatic heterocycles. The molecular formula is C27H36N2O8. The number of pyridine rings is 1. The Morgan fingerprint density at radius 3 is 2.46 bits per heavy atom. The molecule has 0 bridgehead atoms. The van der Waals surface area contributed by atoms with Gasteiger partial charge in [0.25, 0.3) is 5.91 Å². The van der Waals surface area contributed by atoms with Crippen LogP contribution in [0.1, 0.15) is 50.2 Å². The van der Waals surface area contributed by atoms with Crippen LogP contribution in [0.4, 0.5) is 0 Å². The Morgan fingerprint density at radius 2 is 1.81 bits per heavy atom. The summed E-state index contributed by atoms with van der Waals surface area (Å²) in [5.74, 6) is -1.70. The maximum atomic E-state index is 12.9. The predicted molar refractivity (Wildman–Crippen MR) is 135 cm³/mol. The van der Waals surface area contributed by atoms with E-state index in [4.69, 9.17) is 23.7 Å². The molecule has 3 atom stereocenters. The van der Waals surface area contributed by atoms with Crippen LogP contribution in [0, 0.1) is 5.92 Å². The molecule has 37 heavy (non-hydrogen) atoms. The Labute approximate surface area is 217 Å². The normalized spacial score (nSPS) is 13.1. The van der Waals surface area contributed by atoms with Crippen molar-refractivity contribution in [1.29, 1.82) is 0 Å². The summed E-state index contributed by atoms with van der Waals surface area (Å²) in [4.78, 5) is 40.9. The Hall–Kier alpha value is -3.66. The van der Waals surface area contributed by atoms with Crippen LogP contribution in [0.25, 0.3) is 0 Å². The zero-order valence-corrected chi connectivity index (χ0v) is 22.0. The molecule has 0 fully saturated rings. The van der Waals surface area contributed by atoms with Gasteiger partial charge in [-0.3, -0.25) is 9.59 Å². The van der Waals surface area contributed by atoms with Crippen molar-refractivity contribution >= 4 is 17.8 Å². The second-order valence-electron chi connectivity index (χ2n) is 8.45. The number of hydrogen-bond donors (Lipinski definition) is 1. The van der Waals surface area contributed by atoms with Gasteiger partial charge in [0.15, 0.2) is 17.2 Å². The lowest BCUT2D eigenvalue weighted by atomic mass is 9.95. The molecule has 10 nitrogen and oxygen atoms in total. The van der Waals surface area contributed by atoms with Gasteiger partial charge in [0.05, 0.1) is 13.7 Å². The highest BCUT2D eigenvalue weighted by atomic mass is 16.7. The summed E-state index contributed by atoms with van der Waals surface area (Å²) in [6, 6.07) is 10.4. The van der Waals surface area contributed by atoms with Crippen molar-refractivity contribution in [3.05, 3.63) is 53.9 Å². The molecule has 0 unspecified atom stereocenters. The van der Waals surface area contributed by atoms with Crippen LogP contribution >= 0.6 is 0 Å². The fourth-order valence-corrected chi connectivity index (χ4v) is 3.43. The van der Waals surface area contributed by atoms with Crippen molar-refractivity contribution < 1.29 is 38.1 Å². The molecule has 0 saturated carbocycles. The summed E-state index contributed by atoms with van der Waals surface area (Å²) in [6.07, 6.45) is 2.47. The first-order chi connectivity index (χ1) is 17.8. The molecule has 2 aromatic rings. The molecule has 10 heteroatoms. The number of esters is 2. The van der Waals surface area contributed by atoms with Crippen molar-refractivity contribution in [3.8, 4) is 11.5 Å². The maximum absolute atomic E-state index is 12.9. The minimum atomic E-state index is -0.974. The molecule has 0 radical (unpaired) electrons. The lowest BCUT2D eigenvalue weighted by molar-refractivity contribution is -0.154. The van der Waals surface area contributed by atoms with Crippen molar-refractivity contribution in [2.24, 2.45) is 5.92 Å². The van der Waals surface area contributed by atoms with Crippen molar-refractivity contribution in [3.63, 3.8) is 0 Å². The largest absolute Gasteiger partial charge is 0.493 e. The second kappa shape index (κ2) is 15.5. The lowest BCUT2D eigenvalue weighted by Gasteiger charge is -2.26. The fraction of sp³-hybridized carbons (Fsp3) is 0.481. The van der Waals surface area contributed by atoms with Crippen LogP contribution in [0.5, 0.6) is 11.5 Å². The highest BCUT2D eigenvalue weighted by Gasteiger charge is 2.27. The van der Waals surface area contributed by atoms with Gasteiger partial charge in [0.1, 0.15) is 12.1 Å². The number of benzene rings is 1. The Morgan fingerprint density at radius 1 is 1.08 bits per heavy atom. The zero-order chi connectivity index (χ0) is 27.2. The Bertz CT molecular complexity index is 1010. The molecule has 0 aliphatic carbocycles. The summed E-state index contributed by atoms with van der Waals surface area (Å²) >= 11 is 0. The number of nitrogens with zero attached hydrogens (tertiary/aromatic N) is 1. The number of rotatable bonds is 15. The van der Waals surface area contributed by atoms with Crippen LogP contribution in [0.2, 0.25) is 0 Å². The smallest absolute Gasteiger partial charge is 0.328 e. The molecule has 1 heterocycles. The molecular weight excluding hydrogens is 480 g/mol. The quantitative estimate of drug-likeness (QED) is 0.216. The number of amides is 1. The lowest BCUT2D eigenvalue weighted by Crippen LogP contribution is -2.42. The van der Waals surface area contributed by atoms with Crippen molar-refractivity contribution in [2.45, 2.75) is 52.7 Å². The average molecular weight is 517 g/mol. The third-order valence-electron chi connectivity index (χ3n) is 5.46. The summed E-state index contributed by atoms with van der Waals surface area (Å²) in [5.41, 5.74) is 0.983. The van der Waals surface area contributed by atoms with Gasteiger partial charge in [-0.1, -0.05) is 37.3 Å². The highest BCUT2D eigenvalue weighted by molar-refractivity contribution is 5.98. The first-order valence-electron chi connectivity index (χ1n) is 12.2. The van der Waals surface area contributed by atoms with Crippen molar-refractivity contribution in [2.75, 3.05) is 27.1 Å². The fourth-order valence-electron chi connectivity index (χ4n) is 3.43. The van der Waals surface area contributed by atoms with Crippen LogP contribution in [0.15, 0.2) is 42.6 Å². The Kier molecular flexibility index (Phi) is 12.3. The summed E-state index contributed by atoms with van der Waals surface area (Å²) in [7, 11) is 1.40. The zero-order valence-electron chi connectivity index (χ0n) is 22.0. The van der Waals surface area contributed by atoms with Crippen LogP contribution in [-0.4, -0.2) is 62.1 Å². The van der Waals surface area contributed by atoms with E-state index in [9.17, 15) is 14.4 Å². The summed E-state index contributed by atoms with van der Waals surface area (Å²) in [5, 5.41) is 2.58. The van der Waals surface area contributed by atoms with Gasteiger partial charge in [-0.15, -0.1) is 0 Å². The SMILES string of the molecule is CCCOC[C@@H](Cc1ccccc1)[C@H](C)OC(=O)[C@H](C)NC(=O)c1nccc(OC)c1OCOC(C)=O. The molecule has 0 aliphatic rings. The van der Waals surface area contributed by atoms with Gasteiger partial charge in [-0.25, -0.2) is 9.78 Å². The molecule has 1 aromatic heterocycles. The van der Waals surface area contributed by atoms with Gasteiger partial charge >= 0.3 is 11.9 Å². The number of aromatic nitrogens is 1. The standard InChI is InChI=1S/C27H36N2O8/c1-6-14-34-16-22(15-21-10-8-7-9-11-21)19(3)37-27(32)18(2)29-26(31)24-25(36-17-35-20(4)30)23(33-5)12-13-28-24/h7-13,18-19,22H,6,14-17H2,1-5H3,(H,29,31)/t18-,19-,22+/m0/s1. The van der Waals surface area contributed by atoms with E-state index in [0.717, 1.165) is 12.0 Å². The van der Waals surface area contributed by atoms with E-state index in [2.05, 4.69) is 10.3 Å². The van der Waals surface area contributed by atoms with E-state index in [1.807, 2.05) is 44.2 Å². The van der Waals surface area contributed by atoms with E-state index in [-0.39, 0.29) is 23.1 Å². The van der Waals surface area contributed by atoms with E-state index < -0.39 is 36.8 Å². The summed E-state index contributed by atoms with van der Waals surface area (Å²) in [6.45, 7) is 7.22.